The lowest BCUT2D eigenvalue weighted by molar-refractivity contribution is -0.150. The van der Waals surface area contributed by atoms with Gasteiger partial charge in [0.2, 0.25) is 11.8 Å². The van der Waals surface area contributed by atoms with E-state index in [9.17, 15) is 19.5 Å². The summed E-state index contributed by atoms with van der Waals surface area (Å²) in [7, 11) is 0. The van der Waals surface area contributed by atoms with Crippen LogP contribution in [-0.2, 0) is 45.0 Å². The van der Waals surface area contributed by atoms with Gasteiger partial charge in [0.05, 0.1) is 30.5 Å². The molecule has 0 aliphatic carbocycles. The van der Waals surface area contributed by atoms with Gasteiger partial charge >= 0.3 is 5.97 Å². The minimum absolute atomic E-state index is 0.0487. The van der Waals surface area contributed by atoms with Gasteiger partial charge in [-0.1, -0.05) is 115 Å². The van der Waals surface area contributed by atoms with Crippen LogP contribution in [-0.4, -0.2) is 48.2 Å². The van der Waals surface area contributed by atoms with Crippen LogP contribution in [0.1, 0.15) is 47.9 Å². The smallest absolute Gasteiger partial charge is 0.309 e. The maximum absolute atomic E-state index is 13.8. The molecule has 0 bridgehead atoms. The van der Waals surface area contributed by atoms with E-state index in [-0.39, 0.29) is 49.8 Å². The van der Waals surface area contributed by atoms with Crippen LogP contribution >= 0.6 is 0 Å². The van der Waals surface area contributed by atoms with Crippen LogP contribution in [0.25, 0.3) is 0 Å². The predicted octanol–water partition coefficient (Wildman–Crippen LogP) is 6.96. The number of allylic oxidation sites excluding steroid dienone is 2. The highest BCUT2D eigenvalue weighted by atomic mass is 16.5. The molecule has 0 aliphatic rings. The Kier molecular flexibility index (Phi) is 17.1. The van der Waals surface area contributed by atoms with Gasteiger partial charge in [-0.05, 0) is 72.9 Å². The van der Waals surface area contributed by atoms with E-state index >= 15 is 0 Å². The van der Waals surface area contributed by atoms with Gasteiger partial charge in [-0.25, -0.2) is 0 Å². The van der Waals surface area contributed by atoms with Crippen molar-refractivity contribution in [2.24, 2.45) is 11.8 Å². The fourth-order valence-corrected chi connectivity index (χ4v) is 6.09. The molecular weight excluding hydrogens is 665 g/mol. The van der Waals surface area contributed by atoms with Gasteiger partial charge in [-0.3, -0.25) is 14.4 Å². The fraction of sp³-hybridized carbons (Fsp3) is 0.311. The van der Waals surface area contributed by atoms with E-state index in [4.69, 9.17) is 9.47 Å². The number of hydrogen-bond acceptors (Lipinski definition) is 6. The van der Waals surface area contributed by atoms with Gasteiger partial charge in [0.15, 0.2) is 0 Å². The molecule has 4 unspecified atom stereocenters. The van der Waals surface area contributed by atoms with Crippen molar-refractivity contribution in [1.82, 2.24) is 10.6 Å². The number of benzene rings is 4. The average molecular weight is 717 g/mol. The highest BCUT2D eigenvalue weighted by Gasteiger charge is 2.27. The fourth-order valence-electron chi connectivity index (χ4n) is 6.09. The van der Waals surface area contributed by atoms with Crippen LogP contribution in [0.4, 0.5) is 0 Å². The van der Waals surface area contributed by atoms with E-state index in [1.807, 2.05) is 115 Å². The minimum Gasteiger partial charge on any atom is -0.489 e. The molecule has 2 amide bonds. The van der Waals surface area contributed by atoms with E-state index in [2.05, 4.69) is 23.8 Å². The lowest BCUT2D eigenvalue weighted by Crippen LogP contribution is -2.45. The zero-order chi connectivity index (χ0) is 37.7. The second kappa shape index (κ2) is 22.5. The van der Waals surface area contributed by atoms with Crippen molar-refractivity contribution in [1.29, 1.82) is 0 Å². The number of aliphatic hydroxyl groups excluding tert-OH is 1. The summed E-state index contributed by atoms with van der Waals surface area (Å²) in [6.07, 6.45) is 6.21. The first-order chi connectivity index (χ1) is 25.9. The second-order valence-electron chi connectivity index (χ2n) is 13.3. The first-order valence-electron chi connectivity index (χ1n) is 18.3. The van der Waals surface area contributed by atoms with Crippen LogP contribution in [0.3, 0.4) is 0 Å². The first kappa shape index (κ1) is 40.3. The third-order valence-electron chi connectivity index (χ3n) is 8.97. The summed E-state index contributed by atoms with van der Waals surface area (Å²) in [5.74, 6) is -1.41. The summed E-state index contributed by atoms with van der Waals surface area (Å²) in [4.78, 5) is 40.4. The Morgan fingerprint density at radius 1 is 0.660 bits per heavy atom. The summed E-state index contributed by atoms with van der Waals surface area (Å²) < 4.78 is 11.9. The number of aliphatic hydroxyl groups is 1. The summed E-state index contributed by atoms with van der Waals surface area (Å²) in [6, 6.07) is 35.9. The molecule has 0 heterocycles. The van der Waals surface area contributed by atoms with E-state index in [0.29, 0.717) is 44.5 Å². The Hall–Kier alpha value is -5.47. The van der Waals surface area contributed by atoms with Crippen LogP contribution in [0.5, 0.6) is 5.75 Å². The molecule has 0 aliphatic heterocycles. The van der Waals surface area contributed by atoms with Crippen molar-refractivity contribution in [3.05, 3.63) is 163 Å². The SMILES string of the molecule is C=CCCC(Cc1ccccc1)C(=O)OCC(Cc1ccc(OCc2ccccc2)cc1)NC(=O)C(CC=C)CC(=O)NC(CO)Cc1ccccc1. The zero-order valence-corrected chi connectivity index (χ0v) is 30.4. The number of esters is 1. The maximum atomic E-state index is 13.8. The lowest BCUT2D eigenvalue weighted by atomic mass is 9.95. The van der Waals surface area contributed by atoms with E-state index in [0.717, 1.165) is 22.3 Å². The third-order valence-corrected chi connectivity index (χ3v) is 8.97. The zero-order valence-electron chi connectivity index (χ0n) is 30.4. The molecule has 0 radical (unpaired) electrons. The van der Waals surface area contributed by atoms with E-state index in [1.165, 1.54) is 0 Å². The van der Waals surface area contributed by atoms with Crippen molar-refractivity contribution in [2.75, 3.05) is 13.2 Å². The molecule has 0 aromatic heterocycles. The molecule has 0 spiro atoms. The van der Waals surface area contributed by atoms with Gasteiger partial charge in [0.1, 0.15) is 19.0 Å². The normalized spacial score (nSPS) is 13.1. The van der Waals surface area contributed by atoms with Gasteiger partial charge in [0, 0.05) is 6.42 Å². The number of ether oxygens (including phenoxy) is 2. The number of nitrogens with one attached hydrogen (secondary N) is 2. The summed E-state index contributed by atoms with van der Waals surface area (Å²) >= 11 is 0. The molecule has 8 heteroatoms. The molecule has 0 saturated carbocycles. The monoisotopic (exact) mass is 716 g/mol. The number of rotatable bonds is 23. The summed E-state index contributed by atoms with van der Waals surface area (Å²) in [5, 5.41) is 15.9. The standard InChI is InChI=1S/C45H52N2O6/c1-3-5-22-39(27-34-16-9-6-10-17-34)45(51)53-33-41(29-36-23-25-42(26-24-36)52-32-37-20-13-8-14-21-37)47-44(50)38(15-4-2)30-43(49)46-40(31-48)28-35-18-11-7-12-19-35/h3-4,6-14,16-21,23-26,38-41,48H,1-2,5,15,22,27-33H2,(H,46,49)(H,47,50). The number of carbonyl (C=O) groups is 3. The molecule has 4 aromatic rings. The molecular formula is C45H52N2O6. The largest absolute Gasteiger partial charge is 0.489 e. The Balaban J connectivity index is 1.44. The van der Waals surface area contributed by atoms with Crippen molar-refractivity contribution in [3.8, 4) is 5.75 Å². The quantitative estimate of drug-likeness (QED) is 0.0565. The summed E-state index contributed by atoms with van der Waals surface area (Å²) in [6.45, 7) is 7.79. The van der Waals surface area contributed by atoms with Gasteiger partial charge < -0.3 is 25.2 Å². The van der Waals surface area contributed by atoms with Gasteiger partial charge in [-0.15, -0.1) is 13.2 Å². The number of amides is 2. The average Bonchev–Trinajstić information content (AvgIpc) is 3.18. The molecule has 3 N–H and O–H groups in total. The molecule has 4 atom stereocenters. The molecule has 278 valence electrons. The molecule has 0 fully saturated rings. The second-order valence-corrected chi connectivity index (χ2v) is 13.3. The van der Waals surface area contributed by atoms with Crippen molar-refractivity contribution >= 4 is 17.8 Å². The van der Waals surface area contributed by atoms with Crippen LogP contribution < -0.4 is 15.4 Å². The lowest BCUT2D eigenvalue weighted by Gasteiger charge is -2.24. The Bertz CT molecular complexity index is 1700. The number of carbonyl (C=O) groups excluding carboxylic acids is 3. The van der Waals surface area contributed by atoms with Crippen molar-refractivity contribution < 1.29 is 29.0 Å². The molecule has 4 rings (SSSR count). The highest BCUT2D eigenvalue weighted by Crippen LogP contribution is 2.19. The Morgan fingerprint density at radius 2 is 1.23 bits per heavy atom. The molecule has 4 aromatic carbocycles. The van der Waals surface area contributed by atoms with E-state index in [1.54, 1.807) is 12.2 Å². The highest BCUT2D eigenvalue weighted by molar-refractivity contribution is 5.86. The van der Waals surface area contributed by atoms with Crippen molar-refractivity contribution in [2.45, 2.75) is 63.6 Å². The predicted molar refractivity (Wildman–Crippen MR) is 209 cm³/mol. The molecule has 53 heavy (non-hydrogen) atoms. The first-order valence-corrected chi connectivity index (χ1v) is 18.3. The van der Waals surface area contributed by atoms with Gasteiger partial charge in [-0.2, -0.15) is 0 Å². The maximum Gasteiger partial charge on any atom is 0.309 e. The van der Waals surface area contributed by atoms with E-state index < -0.39 is 18.0 Å². The molecule has 8 nitrogen and oxygen atoms in total. The third kappa shape index (κ3) is 14.6. The van der Waals surface area contributed by atoms with Crippen LogP contribution in [0.15, 0.2) is 141 Å². The number of hydrogen-bond donors (Lipinski definition) is 3. The van der Waals surface area contributed by atoms with Crippen LogP contribution in [0.2, 0.25) is 0 Å². The van der Waals surface area contributed by atoms with Crippen LogP contribution in [0, 0.1) is 11.8 Å². The Morgan fingerprint density at radius 3 is 1.81 bits per heavy atom. The van der Waals surface area contributed by atoms with Gasteiger partial charge in [0.25, 0.3) is 0 Å². The Labute approximate surface area is 313 Å². The topological polar surface area (TPSA) is 114 Å². The molecule has 0 saturated heterocycles. The summed E-state index contributed by atoms with van der Waals surface area (Å²) in [5.41, 5.74) is 3.99. The minimum atomic E-state index is -0.714. The van der Waals surface area contributed by atoms with Crippen molar-refractivity contribution in [3.63, 3.8) is 0 Å².